The van der Waals surface area contributed by atoms with Crippen LogP contribution in [0.15, 0.2) is 87.6 Å². The summed E-state index contributed by atoms with van der Waals surface area (Å²) in [6.45, 7) is 5.97. The van der Waals surface area contributed by atoms with Crippen molar-refractivity contribution in [1.29, 1.82) is 0 Å². The Labute approximate surface area is 213 Å². The van der Waals surface area contributed by atoms with Crippen LogP contribution in [0.25, 0.3) is 0 Å². The van der Waals surface area contributed by atoms with E-state index in [1.165, 1.54) is 0 Å². The third-order valence-corrected chi connectivity index (χ3v) is 3.46. The molecule has 0 aliphatic heterocycles. The molecule has 3 aliphatic rings. The van der Waals surface area contributed by atoms with Crippen LogP contribution in [0.1, 0.15) is 20.8 Å². The largest absolute Gasteiger partial charge is 2.00 e. The van der Waals surface area contributed by atoms with Crippen LogP contribution in [-0.4, -0.2) is 47.5 Å². The molecule has 6 radical (unpaired) electrons. The Morgan fingerprint density at radius 3 is 0.900 bits per heavy atom. The zero-order valence-electron chi connectivity index (χ0n) is 18.1. The maximum atomic E-state index is 4.97. The Morgan fingerprint density at radius 2 is 0.767 bits per heavy atom. The number of methoxy groups -OCH3 is 3. The van der Waals surface area contributed by atoms with Crippen LogP contribution in [0.2, 0.25) is 0 Å². The maximum Gasteiger partial charge on any atom is 2.00 e. The molecule has 3 nitrogen and oxygen atoms in total. The molecule has 0 spiro atoms. The molecule has 30 heavy (non-hydrogen) atoms. The Morgan fingerprint density at radius 1 is 0.533 bits per heavy atom. The van der Waals surface area contributed by atoms with Gasteiger partial charge in [-0.05, 0) is 73.9 Å². The van der Waals surface area contributed by atoms with Gasteiger partial charge in [-0.3, -0.25) is 0 Å². The molecular formula is C24H27BiCl2O3. The van der Waals surface area contributed by atoms with Crippen molar-refractivity contribution >= 4 is 26.2 Å². The van der Waals surface area contributed by atoms with Crippen molar-refractivity contribution in [1.82, 2.24) is 0 Å². The second-order valence-electron chi connectivity index (χ2n) is 5.73. The number of rotatable bonds is 3. The summed E-state index contributed by atoms with van der Waals surface area (Å²) in [4.78, 5) is 0. The minimum atomic E-state index is 0. The van der Waals surface area contributed by atoms with Crippen LogP contribution < -0.4 is 24.8 Å². The Hall–Kier alpha value is -1.36. The van der Waals surface area contributed by atoms with Crippen molar-refractivity contribution in [2.24, 2.45) is 0 Å². The fourth-order valence-electron chi connectivity index (χ4n) is 2.06. The summed E-state index contributed by atoms with van der Waals surface area (Å²) in [5.74, 6) is 2.68. The van der Waals surface area contributed by atoms with Gasteiger partial charge in [0.15, 0.2) is 0 Å². The summed E-state index contributed by atoms with van der Waals surface area (Å²) >= 11 is 0. The van der Waals surface area contributed by atoms with E-state index in [4.69, 9.17) is 14.2 Å². The van der Waals surface area contributed by atoms with E-state index in [0.29, 0.717) is 0 Å². The van der Waals surface area contributed by atoms with Crippen molar-refractivity contribution in [2.45, 2.75) is 20.8 Å². The molecule has 0 heterocycles. The van der Waals surface area contributed by atoms with Gasteiger partial charge in [-0.25, -0.2) is 0 Å². The molecule has 0 saturated carbocycles. The van der Waals surface area contributed by atoms with Gasteiger partial charge in [0, 0.05) is 0 Å². The molecule has 0 unspecified atom stereocenters. The van der Waals surface area contributed by atoms with Gasteiger partial charge < -0.3 is 39.0 Å². The minimum absolute atomic E-state index is 0. The summed E-state index contributed by atoms with van der Waals surface area (Å²) in [6.07, 6.45) is 17.0. The van der Waals surface area contributed by atoms with E-state index in [2.05, 4.69) is 17.2 Å². The van der Waals surface area contributed by atoms with Crippen molar-refractivity contribution in [3.05, 3.63) is 107 Å². The van der Waals surface area contributed by atoms with E-state index in [1.807, 2.05) is 76.5 Å². The van der Waals surface area contributed by atoms with Gasteiger partial charge in [0.1, 0.15) is 17.3 Å². The van der Waals surface area contributed by atoms with Gasteiger partial charge in [-0.1, -0.05) is 0 Å². The first-order chi connectivity index (χ1) is 13.0. The summed E-state index contributed by atoms with van der Waals surface area (Å²) in [5, 5.41) is 0. The number of hydrogen-bond donors (Lipinski definition) is 0. The molecule has 0 atom stereocenters. The monoisotopic (exact) mass is 642 g/mol. The van der Waals surface area contributed by atoms with Crippen molar-refractivity contribution in [3.63, 3.8) is 0 Å². The Kier molecular flexibility index (Phi) is 21.7. The molecule has 0 N–H and O–H groups in total. The van der Waals surface area contributed by atoms with E-state index in [9.17, 15) is 0 Å². The van der Waals surface area contributed by atoms with Crippen molar-refractivity contribution in [2.75, 3.05) is 21.3 Å². The maximum absolute atomic E-state index is 4.97. The molecule has 6 heteroatoms. The SMILES string of the molecule is COC1=CC=C=C(C)[CH]1.COC1=CC=C=C(C)[CH]1.COC1=CC=C=C(C)[CH]1.[Bi+2].[Cl-].[Cl-]. The van der Waals surface area contributed by atoms with E-state index in [1.54, 1.807) is 21.3 Å². The van der Waals surface area contributed by atoms with E-state index in [0.717, 1.165) is 34.0 Å². The normalized spacial score (nSPS) is 15.0. The summed E-state index contributed by atoms with van der Waals surface area (Å²) < 4.78 is 14.9. The molecule has 0 aromatic carbocycles. The Bertz CT molecular complexity index is 704. The standard InChI is InChI=1S/3C8H9O.Bi.2ClH/c3*1-7-4-3-5-8(6-7)9-2;;;/h3*3,5-6H,1-2H3;;2*1H/q;;;+2;;/p-2. The topological polar surface area (TPSA) is 27.7 Å². The van der Waals surface area contributed by atoms with Gasteiger partial charge in [0.25, 0.3) is 0 Å². The third-order valence-electron chi connectivity index (χ3n) is 3.46. The molecule has 3 rings (SSSR count). The molecule has 0 aromatic rings. The molecule has 0 saturated heterocycles. The van der Waals surface area contributed by atoms with Gasteiger partial charge in [0.2, 0.25) is 0 Å². The van der Waals surface area contributed by atoms with Crippen LogP contribution in [0.3, 0.4) is 0 Å². The minimum Gasteiger partial charge on any atom is -1.00 e. The third kappa shape index (κ3) is 14.6. The van der Waals surface area contributed by atoms with Crippen LogP contribution >= 0.6 is 0 Å². The van der Waals surface area contributed by atoms with Gasteiger partial charge in [-0.2, -0.15) is 0 Å². The predicted octanol–water partition coefficient (Wildman–Crippen LogP) is -0.865. The summed E-state index contributed by atoms with van der Waals surface area (Å²) in [5.41, 5.74) is 12.4. The molecule has 3 aliphatic carbocycles. The number of ether oxygens (including phenoxy) is 3. The van der Waals surface area contributed by atoms with Crippen LogP contribution in [0.5, 0.6) is 0 Å². The average Bonchev–Trinajstić information content (AvgIpc) is 2.69. The zero-order chi connectivity index (χ0) is 20.1. The van der Waals surface area contributed by atoms with Gasteiger partial charge in [0.05, 0.1) is 40.6 Å². The fourth-order valence-corrected chi connectivity index (χ4v) is 2.06. The average molecular weight is 643 g/mol. The fraction of sp³-hybridized carbons (Fsp3) is 0.250. The van der Waals surface area contributed by atoms with E-state index >= 15 is 0 Å². The number of allylic oxidation sites excluding steroid dienone is 6. The van der Waals surface area contributed by atoms with E-state index < -0.39 is 0 Å². The molecule has 0 fully saturated rings. The Balaban J connectivity index is -0.000000347. The smallest absolute Gasteiger partial charge is 1.00 e. The molecule has 0 aromatic heterocycles. The van der Waals surface area contributed by atoms with E-state index in [-0.39, 0.29) is 51.0 Å². The number of halogens is 2. The second-order valence-corrected chi connectivity index (χ2v) is 5.73. The van der Waals surface area contributed by atoms with Crippen LogP contribution in [0.4, 0.5) is 0 Å². The summed E-state index contributed by atoms with van der Waals surface area (Å²) in [6, 6.07) is 0. The number of hydrogen-bond acceptors (Lipinski definition) is 3. The second kappa shape index (κ2) is 19.6. The first kappa shape index (κ1) is 33.3. The predicted molar refractivity (Wildman–Crippen MR) is 116 cm³/mol. The first-order valence-electron chi connectivity index (χ1n) is 8.55. The van der Waals surface area contributed by atoms with Crippen molar-refractivity contribution < 1.29 is 39.0 Å². The van der Waals surface area contributed by atoms with Gasteiger partial charge in [-0.15, -0.1) is 17.2 Å². The molecular weight excluding hydrogens is 616 g/mol. The van der Waals surface area contributed by atoms with Crippen LogP contribution in [0, 0.1) is 19.3 Å². The van der Waals surface area contributed by atoms with Crippen molar-refractivity contribution in [3.8, 4) is 0 Å². The molecule has 160 valence electrons. The molecule has 0 amide bonds. The summed E-state index contributed by atoms with van der Waals surface area (Å²) in [7, 11) is 4.98. The quantitative estimate of drug-likeness (QED) is 0.296. The zero-order valence-corrected chi connectivity index (χ0v) is 23.1. The molecule has 0 bridgehead atoms. The van der Waals surface area contributed by atoms with Crippen LogP contribution in [-0.2, 0) is 14.2 Å². The first-order valence-corrected chi connectivity index (χ1v) is 8.55. The van der Waals surface area contributed by atoms with Gasteiger partial charge >= 0.3 is 26.2 Å².